The van der Waals surface area contributed by atoms with Gasteiger partial charge in [0.05, 0.1) is 13.4 Å². The molecule has 4 rings (SSSR count). The van der Waals surface area contributed by atoms with E-state index in [1.807, 2.05) is 36.7 Å². The summed E-state index contributed by atoms with van der Waals surface area (Å²) in [5.41, 5.74) is 2.27. The van der Waals surface area contributed by atoms with Gasteiger partial charge in [0.15, 0.2) is 11.6 Å². The summed E-state index contributed by atoms with van der Waals surface area (Å²) in [5.74, 6) is 1.80. The number of fused-ring (bicyclic) bond motifs is 1. The van der Waals surface area contributed by atoms with E-state index in [-0.39, 0.29) is 0 Å². The van der Waals surface area contributed by atoms with Crippen LogP contribution >= 0.6 is 0 Å². The van der Waals surface area contributed by atoms with E-state index in [2.05, 4.69) is 27.3 Å². The summed E-state index contributed by atoms with van der Waals surface area (Å²) < 4.78 is 11.2. The van der Waals surface area contributed by atoms with E-state index in [9.17, 15) is 0 Å². The SMILES string of the molecule is COc1cccnc1N1CCNCC1CCCc1coc2ccccc12. The maximum Gasteiger partial charge on any atom is 0.171 e. The van der Waals surface area contributed by atoms with Gasteiger partial charge in [-0.2, -0.15) is 0 Å². The molecule has 1 saturated heterocycles. The van der Waals surface area contributed by atoms with Crippen molar-refractivity contribution in [2.24, 2.45) is 0 Å². The normalized spacial score (nSPS) is 17.6. The fourth-order valence-corrected chi connectivity index (χ4v) is 3.81. The molecule has 3 aromatic rings. The molecule has 1 fully saturated rings. The fourth-order valence-electron chi connectivity index (χ4n) is 3.81. The Morgan fingerprint density at radius 2 is 2.19 bits per heavy atom. The highest BCUT2D eigenvalue weighted by Crippen LogP contribution is 2.29. The van der Waals surface area contributed by atoms with E-state index in [1.54, 1.807) is 7.11 Å². The van der Waals surface area contributed by atoms with Crippen molar-refractivity contribution in [3.05, 3.63) is 54.4 Å². The van der Waals surface area contributed by atoms with E-state index in [4.69, 9.17) is 9.15 Å². The number of ether oxygens (including phenoxy) is 1. The Morgan fingerprint density at radius 1 is 1.27 bits per heavy atom. The number of para-hydroxylation sites is 1. The highest BCUT2D eigenvalue weighted by atomic mass is 16.5. The first-order chi connectivity index (χ1) is 12.9. The van der Waals surface area contributed by atoms with Crippen LogP contribution in [0.4, 0.5) is 5.82 Å². The molecule has 0 aliphatic carbocycles. The van der Waals surface area contributed by atoms with Gasteiger partial charge in [-0.3, -0.25) is 0 Å². The molecule has 1 aromatic carbocycles. The number of hydrogen-bond donors (Lipinski definition) is 1. The second-order valence-electron chi connectivity index (χ2n) is 6.73. The number of furan rings is 1. The predicted molar refractivity (Wildman–Crippen MR) is 104 cm³/mol. The van der Waals surface area contributed by atoms with Gasteiger partial charge < -0.3 is 19.4 Å². The number of pyridine rings is 1. The Hall–Kier alpha value is -2.53. The first-order valence-electron chi connectivity index (χ1n) is 9.28. The van der Waals surface area contributed by atoms with Gasteiger partial charge in [0.2, 0.25) is 0 Å². The number of benzene rings is 1. The molecule has 0 spiro atoms. The van der Waals surface area contributed by atoms with Gasteiger partial charge in [-0.1, -0.05) is 18.2 Å². The first-order valence-corrected chi connectivity index (χ1v) is 9.28. The molecular formula is C21H25N3O2. The maximum absolute atomic E-state index is 5.66. The van der Waals surface area contributed by atoms with Crippen molar-refractivity contribution in [2.45, 2.75) is 25.3 Å². The Kier molecular flexibility index (Phi) is 5.07. The zero-order chi connectivity index (χ0) is 17.8. The summed E-state index contributed by atoms with van der Waals surface area (Å²) in [6.07, 6.45) is 6.99. The van der Waals surface area contributed by atoms with Crippen LogP contribution in [0.3, 0.4) is 0 Å². The van der Waals surface area contributed by atoms with Crippen molar-refractivity contribution < 1.29 is 9.15 Å². The number of nitrogens with zero attached hydrogens (tertiary/aromatic N) is 2. The molecule has 0 radical (unpaired) electrons. The maximum atomic E-state index is 5.66. The lowest BCUT2D eigenvalue weighted by Crippen LogP contribution is -2.51. The van der Waals surface area contributed by atoms with Gasteiger partial charge >= 0.3 is 0 Å². The highest BCUT2D eigenvalue weighted by Gasteiger charge is 2.25. The molecule has 0 bridgehead atoms. The van der Waals surface area contributed by atoms with E-state index in [0.717, 1.165) is 56.0 Å². The Morgan fingerprint density at radius 3 is 3.12 bits per heavy atom. The monoisotopic (exact) mass is 351 g/mol. The lowest BCUT2D eigenvalue weighted by atomic mass is 10.0. The molecule has 26 heavy (non-hydrogen) atoms. The first kappa shape index (κ1) is 16.9. The van der Waals surface area contributed by atoms with Crippen LogP contribution in [0.25, 0.3) is 11.0 Å². The van der Waals surface area contributed by atoms with Crippen LogP contribution in [0.2, 0.25) is 0 Å². The van der Waals surface area contributed by atoms with Crippen molar-refractivity contribution in [3.63, 3.8) is 0 Å². The smallest absolute Gasteiger partial charge is 0.171 e. The summed E-state index contributed by atoms with van der Waals surface area (Å²) in [4.78, 5) is 6.97. The second-order valence-corrected chi connectivity index (χ2v) is 6.73. The van der Waals surface area contributed by atoms with Gasteiger partial charge in [0, 0.05) is 37.3 Å². The molecule has 0 amide bonds. The topological polar surface area (TPSA) is 50.5 Å². The second kappa shape index (κ2) is 7.79. The number of rotatable bonds is 6. The Balaban J connectivity index is 1.44. The van der Waals surface area contributed by atoms with Crippen LogP contribution in [-0.4, -0.2) is 37.8 Å². The van der Waals surface area contributed by atoms with Crippen LogP contribution in [0.1, 0.15) is 18.4 Å². The summed E-state index contributed by atoms with van der Waals surface area (Å²) in [6, 6.07) is 12.6. The minimum atomic E-state index is 0.422. The molecule has 136 valence electrons. The number of nitrogens with one attached hydrogen (secondary N) is 1. The predicted octanol–water partition coefficient (Wildman–Crippen LogP) is 3.64. The Labute approximate surface area is 154 Å². The van der Waals surface area contributed by atoms with Gasteiger partial charge in [0.25, 0.3) is 0 Å². The van der Waals surface area contributed by atoms with Crippen molar-refractivity contribution in [2.75, 3.05) is 31.6 Å². The van der Waals surface area contributed by atoms with E-state index >= 15 is 0 Å². The van der Waals surface area contributed by atoms with Gasteiger partial charge in [-0.05, 0) is 43.0 Å². The van der Waals surface area contributed by atoms with E-state index in [1.165, 1.54) is 10.9 Å². The average Bonchev–Trinajstić information content (AvgIpc) is 3.12. The third kappa shape index (κ3) is 3.40. The number of aromatic nitrogens is 1. The number of aryl methyl sites for hydroxylation is 1. The van der Waals surface area contributed by atoms with Crippen LogP contribution < -0.4 is 15.0 Å². The number of hydrogen-bond acceptors (Lipinski definition) is 5. The fraction of sp³-hybridized carbons (Fsp3) is 0.381. The van der Waals surface area contributed by atoms with Crippen molar-refractivity contribution in [3.8, 4) is 5.75 Å². The van der Waals surface area contributed by atoms with E-state index < -0.39 is 0 Å². The van der Waals surface area contributed by atoms with Crippen LogP contribution in [0.5, 0.6) is 5.75 Å². The number of methoxy groups -OCH3 is 1. The van der Waals surface area contributed by atoms with Gasteiger partial charge in [-0.15, -0.1) is 0 Å². The molecule has 1 aliphatic heterocycles. The molecule has 1 aliphatic rings. The summed E-state index contributed by atoms with van der Waals surface area (Å²) in [5, 5.41) is 4.75. The zero-order valence-corrected chi connectivity index (χ0v) is 15.1. The zero-order valence-electron chi connectivity index (χ0n) is 15.1. The molecule has 2 aromatic heterocycles. The minimum Gasteiger partial charge on any atom is -0.493 e. The lowest BCUT2D eigenvalue weighted by Gasteiger charge is -2.37. The summed E-state index contributed by atoms with van der Waals surface area (Å²) >= 11 is 0. The minimum absolute atomic E-state index is 0.422. The summed E-state index contributed by atoms with van der Waals surface area (Å²) in [7, 11) is 1.71. The van der Waals surface area contributed by atoms with Crippen molar-refractivity contribution >= 4 is 16.8 Å². The standard InChI is InChI=1S/C21H25N3O2/c1-25-20-10-5-11-23-21(20)24-13-12-22-14-17(24)7-4-6-16-15-26-19-9-3-2-8-18(16)19/h2-3,5,8-11,15,17,22H,4,6-7,12-14H2,1H3. The molecule has 0 saturated carbocycles. The molecule has 1 atom stereocenters. The molecule has 3 heterocycles. The van der Waals surface area contributed by atoms with Crippen molar-refractivity contribution in [1.29, 1.82) is 0 Å². The molecule has 1 N–H and O–H groups in total. The largest absolute Gasteiger partial charge is 0.493 e. The Bertz CT molecular complexity index is 861. The average molecular weight is 351 g/mol. The lowest BCUT2D eigenvalue weighted by molar-refractivity contribution is 0.398. The highest BCUT2D eigenvalue weighted by molar-refractivity contribution is 5.80. The molecular weight excluding hydrogens is 326 g/mol. The quantitative estimate of drug-likeness (QED) is 0.735. The van der Waals surface area contributed by atoms with Crippen LogP contribution in [0.15, 0.2) is 53.3 Å². The molecule has 5 nitrogen and oxygen atoms in total. The molecule has 1 unspecified atom stereocenters. The van der Waals surface area contributed by atoms with Gasteiger partial charge in [-0.25, -0.2) is 4.98 Å². The molecule has 5 heteroatoms. The third-order valence-corrected chi connectivity index (χ3v) is 5.14. The van der Waals surface area contributed by atoms with Crippen molar-refractivity contribution in [1.82, 2.24) is 10.3 Å². The number of anilines is 1. The summed E-state index contributed by atoms with van der Waals surface area (Å²) in [6.45, 7) is 2.90. The van der Waals surface area contributed by atoms with Gasteiger partial charge in [0.1, 0.15) is 5.58 Å². The van der Waals surface area contributed by atoms with E-state index in [0.29, 0.717) is 6.04 Å². The third-order valence-electron chi connectivity index (χ3n) is 5.14. The van der Waals surface area contributed by atoms with Crippen LogP contribution in [-0.2, 0) is 6.42 Å². The van der Waals surface area contributed by atoms with Crippen LogP contribution in [0, 0.1) is 0 Å². The number of piperazine rings is 1.